The number of fused-ring (bicyclic) bond motifs is 1. The van der Waals surface area contributed by atoms with Crippen LogP contribution in [0.15, 0.2) is 73.4 Å². The summed E-state index contributed by atoms with van der Waals surface area (Å²) in [5.74, 6) is 0.920. The fraction of sp³-hybridized carbons (Fsp3) is 0.0455. The zero-order chi connectivity index (χ0) is 20.5. The lowest BCUT2D eigenvalue weighted by Gasteiger charge is -2.09. The molecular weight excluding hydrogens is 378 g/mol. The number of nitrogens with zero attached hydrogens (tertiary/aromatic N) is 6. The first-order valence-electron chi connectivity index (χ1n) is 9.30. The van der Waals surface area contributed by atoms with Crippen molar-refractivity contribution in [3.63, 3.8) is 0 Å². The van der Waals surface area contributed by atoms with Crippen molar-refractivity contribution in [2.24, 2.45) is 0 Å². The summed E-state index contributed by atoms with van der Waals surface area (Å²) in [6.45, 7) is -0.0557. The average molecular weight is 395 g/mol. The highest BCUT2D eigenvalue weighted by molar-refractivity contribution is 5.82. The predicted octanol–water partition coefficient (Wildman–Crippen LogP) is 3.01. The van der Waals surface area contributed by atoms with Crippen molar-refractivity contribution < 1.29 is 5.11 Å². The zero-order valence-electron chi connectivity index (χ0n) is 15.8. The third-order valence-electron chi connectivity index (χ3n) is 4.88. The molecule has 8 heteroatoms. The molecule has 5 rings (SSSR count). The summed E-state index contributed by atoms with van der Waals surface area (Å²) < 4.78 is 1.90. The molecular formula is C22H17N7O. The number of rotatable bonds is 4. The number of nitrogen functional groups attached to an aromatic ring is 1. The second-order valence-corrected chi connectivity index (χ2v) is 6.69. The van der Waals surface area contributed by atoms with Crippen molar-refractivity contribution >= 4 is 17.0 Å². The van der Waals surface area contributed by atoms with Gasteiger partial charge in [-0.1, -0.05) is 30.3 Å². The van der Waals surface area contributed by atoms with E-state index in [2.05, 4.69) is 24.9 Å². The molecule has 3 N–H and O–H groups in total. The largest absolute Gasteiger partial charge is 0.392 e. The van der Waals surface area contributed by atoms with Crippen LogP contribution in [0.1, 0.15) is 5.56 Å². The monoisotopic (exact) mass is 395 g/mol. The molecule has 0 aliphatic carbocycles. The molecule has 3 aromatic heterocycles. The number of benzene rings is 2. The topological polar surface area (TPSA) is 116 Å². The van der Waals surface area contributed by atoms with Crippen LogP contribution in [-0.2, 0) is 6.61 Å². The van der Waals surface area contributed by atoms with Gasteiger partial charge in [0.15, 0.2) is 0 Å². The maximum Gasteiger partial charge on any atom is 0.220 e. The molecule has 3 heterocycles. The zero-order valence-corrected chi connectivity index (χ0v) is 15.8. The Hall–Kier alpha value is -4.17. The second-order valence-electron chi connectivity index (χ2n) is 6.69. The molecule has 0 spiro atoms. The van der Waals surface area contributed by atoms with Gasteiger partial charge in [-0.15, -0.1) is 0 Å². The van der Waals surface area contributed by atoms with Crippen molar-refractivity contribution in [1.82, 2.24) is 29.5 Å². The van der Waals surface area contributed by atoms with Crippen molar-refractivity contribution in [3.8, 4) is 28.3 Å². The van der Waals surface area contributed by atoms with E-state index in [0.717, 1.165) is 39.1 Å². The molecule has 146 valence electrons. The number of nitrogens with two attached hydrogens (primary N) is 1. The second kappa shape index (κ2) is 7.34. The van der Waals surface area contributed by atoms with Gasteiger partial charge in [0.1, 0.15) is 18.5 Å². The van der Waals surface area contributed by atoms with Crippen molar-refractivity contribution in [2.45, 2.75) is 6.61 Å². The number of hydrogen-bond donors (Lipinski definition) is 2. The van der Waals surface area contributed by atoms with E-state index >= 15 is 0 Å². The Bertz CT molecular complexity index is 1360. The molecule has 30 heavy (non-hydrogen) atoms. The summed E-state index contributed by atoms with van der Waals surface area (Å²) in [6.07, 6.45) is 4.88. The summed E-state index contributed by atoms with van der Waals surface area (Å²) in [4.78, 5) is 21.5. The highest BCUT2D eigenvalue weighted by atomic mass is 16.3. The minimum atomic E-state index is -0.0557. The van der Waals surface area contributed by atoms with Crippen LogP contribution < -0.4 is 5.73 Å². The predicted molar refractivity (Wildman–Crippen MR) is 113 cm³/mol. The Morgan fingerprint density at radius 1 is 0.900 bits per heavy atom. The fourth-order valence-electron chi connectivity index (χ4n) is 3.42. The van der Waals surface area contributed by atoms with Crippen LogP contribution in [0.25, 0.3) is 39.4 Å². The van der Waals surface area contributed by atoms with Gasteiger partial charge in [-0.05, 0) is 23.8 Å². The van der Waals surface area contributed by atoms with E-state index in [-0.39, 0.29) is 12.6 Å². The Kier molecular flexibility index (Phi) is 4.38. The van der Waals surface area contributed by atoms with Crippen LogP contribution in [0.4, 0.5) is 5.95 Å². The van der Waals surface area contributed by atoms with Gasteiger partial charge in [0.25, 0.3) is 0 Å². The number of aliphatic hydroxyl groups is 1. The maximum atomic E-state index is 9.64. The molecule has 0 amide bonds. The van der Waals surface area contributed by atoms with Gasteiger partial charge in [0.2, 0.25) is 5.95 Å². The standard InChI is InChI=1S/C22H17N7O/c23-22-24-8-7-17(28-22)14-5-6-20-19(9-14)27-13-29(20)21-10-18(25-12-26-21)16-4-2-1-3-15(16)11-30/h1-10,12-13,30H,11H2,(H2,23,24,28). The Morgan fingerprint density at radius 2 is 1.80 bits per heavy atom. The van der Waals surface area contributed by atoms with E-state index < -0.39 is 0 Å². The molecule has 0 unspecified atom stereocenters. The quantitative estimate of drug-likeness (QED) is 0.480. The number of hydrogen-bond acceptors (Lipinski definition) is 7. The molecule has 0 fully saturated rings. The lowest BCUT2D eigenvalue weighted by molar-refractivity contribution is 0.282. The van der Waals surface area contributed by atoms with E-state index in [1.807, 2.05) is 59.2 Å². The summed E-state index contributed by atoms with van der Waals surface area (Å²) in [6, 6.07) is 17.2. The van der Waals surface area contributed by atoms with Gasteiger partial charge in [-0.3, -0.25) is 4.57 Å². The van der Waals surface area contributed by atoms with Gasteiger partial charge >= 0.3 is 0 Å². The van der Waals surface area contributed by atoms with E-state index in [1.54, 1.807) is 12.5 Å². The normalized spacial score (nSPS) is 11.1. The van der Waals surface area contributed by atoms with Crippen LogP contribution in [0, 0.1) is 0 Å². The number of imidazole rings is 1. The summed E-state index contributed by atoms with van der Waals surface area (Å²) in [7, 11) is 0. The van der Waals surface area contributed by atoms with Gasteiger partial charge < -0.3 is 10.8 Å². The van der Waals surface area contributed by atoms with Gasteiger partial charge in [0, 0.05) is 23.4 Å². The van der Waals surface area contributed by atoms with E-state index in [4.69, 9.17) is 5.73 Å². The molecule has 0 radical (unpaired) electrons. The van der Waals surface area contributed by atoms with Gasteiger partial charge in [-0.25, -0.2) is 24.9 Å². The summed E-state index contributed by atoms with van der Waals surface area (Å²) in [5, 5.41) is 9.64. The number of aromatic nitrogens is 6. The SMILES string of the molecule is Nc1nccc(-c2ccc3c(c2)ncn3-c2cc(-c3ccccc3CO)ncn2)n1. The minimum absolute atomic E-state index is 0.0557. The summed E-state index contributed by atoms with van der Waals surface area (Å²) in [5.41, 5.74) is 11.5. The van der Waals surface area contributed by atoms with Crippen molar-refractivity contribution in [3.05, 3.63) is 79.0 Å². The first-order valence-corrected chi connectivity index (χ1v) is 9.30. The molecule has 0 bridgehead atoms. The minimum Gasteiger partial charge on any atom is -0.392 e. The lowest BCUT2D eigenvalue weighted by atomic mass is 10.0. The highest BCUT2D eigenvalue weighted by Crippen LogP contribution is 2.26. The molecule has 0 saturated carbocycles. The van der Waals surface area contributed by atoms with Crippen LogP contribution in [0.2, 0.25) is 0 Å². The molecule has 0 saturated heterocycles. The number of anilines is 1. The van der Waals surface area contributed by atoms with Crippen molar-refractivity contribution in [2.75, 3.05) is 5.73 Å². The first kappa shape index (κ1) is 17.9. The number of aliphatic hydroxyl groups excluding tert-OH is 1. The first-order chi connectivity index (χ1) is 14.7. The highest BCUT2D eigenvalue weighted by Gasteiger charge is 2.11. The smallest absolute Gasteiger partial charge is 0.220 e. The van der Waals surface area contributed by atoms with Gasteiger partial charge in [0.05, 0.1) is 29.0 Å². The Labute approximate surface area is 171 Å². The molecule has 0 aliphatic rings. The van der Waals surface area contributed by atoms with E-state index in [9.17, 15) is 5.11 Å². The molecule has 2 aromatic carbocycles. The lowest BCUT2D eigenvalue weighted by Crippen LogP contribution is -1.99. The molecule has 5 aromatic rings. The van der Waals surface area contributed by atoms with Crippen LogP contribution >= 0.6 is 0 Å². The molecule has 0 aliphatic heterocycles. The molecule has 8 nitrogen and oxygen atoms in total. The average Bonchev–Trinajstić information content (AvgIpc) is 3.22. The summed E-state index contributed by atoms with van der Waals surface area (Å²) >= 11 is 0. The van der Waals surface area contributed by atoms with Crippen LogP contribution in [0.3, 0.4) is 0 Å². The third-order valence-corrected chi connectivity index (χ3v) is 4.88. The fourth-order valence-corrected chi connectivity index (χ4v) is 3.42. The third kappa shape index (κ3) is 3.15. The van der Waals surface area contributed by atoms with E-state index in [0.29, 0.717) is 5.82 Å². The van der Waals surface area contributed by atoms with Gasteiger partial charge in [-0.2, -0.15) is 0 Å². The van der Waals surface area contributed by atoms with Crippen LogP contribution in [-0.4, -0.2) is 34.6 Å². The van der Waals surface area contributed by atoms with Crippen LogP contribution in [0.5, 0.6) is 0 Å². The molecule has 0 atom stereocenters. The van der Waals surface area contributed by atoms with Crippen molar-refractivity contribution in [1.29, 1.82) is 0 Å². The maximum absolute atomic E-state index is 9.64. The Balaban J connectivity index is 1.57. The van der Waals surface area contributed by atoms with E-state index in [1.165, 1.54) is 6.33 Å². The Morgan fingerprint density at radius 3 is 2.67 bits per heavy atom.